The van der Waals surface area contributed by atoms with Crippen molar-refractivity contribution in [2.75, 3.05) is 13.2 Å². The Labute approximate surface area is 68.2 Å². The molecule has 56 valence electrons. The van der Waals surface area contributed by atoms with E-state index in [9.17, 15) is 0 Å². The number of hydrogen-bond acceptors (Lipinski definition) is 3. The van der Waals surface area contributed by atoms with Crippen LogP contribution < -0.4 is 0 Å². The molecule has 9 heavy (non-hydrogen) atoms. The molecule has 2 N–H and O–H groups in total. The first kappa shape index (κ1) is 9.85. The van der Waals surface area contributed by atoms with Crippen molar-refractivity contribution in [1.29, 1.82) is 0 Å². The number of thioether (sulfide) groups is 1. The van der Waals surface area contributed by atoms with Crippen molar-refractivity contribution in [2.45, 2.75) is 9.42 Å². The fraction of sp³-hybridized carbons (Fsp3) is 1.00. The summed E-state index contributed by atoms with van der Waals surface area (Å²) in [5, 5.41) is 16.8. The lowest BCUT2D eigenvalue weighted by Gasteiger charge is -2.07. The van der Waals surface area contributed by atoms with E-state index in [1.54, 1.807) is 0 Å². The summed E-state index contributed by atoms with van der Waals surface area (Å²) in [5.41, 5.74) is 0. The van der Waals surface area contributed by atoms with E-state index in [1.807, 2.05) is 0 Å². The summed E-state index contributed by atoms with van der Waals surface area (Å²) in [4.78, 5) is 0. The van der Waals surface area contributed by atoms with Gasteiger partial charge in [0.1, 0.15) is 9.42 Å². The highest BCUT2D eigenvalue weighted by atomic mass is 35.5. The Bertz CT molecular complexity index is 65.6. The molecule has 0 saturated heterocycles. The zero-order chi connectivity index (χ0) is 7.28. The number of halogens is 2. The molecule has 0 aromatic heterocycles. The van der Waals surface area contributed by atoms with Gasteiger partial charge in [-0.05, 0) is 0 Å². The summed E-state index contributed by atoms with van der Waals surface area (Å²) in [6, 6.07) is 0. The SMILES string of the molecule is OCC(Cl)SC(Cl)CO. The first-order valence-electron chi connectivity index (χ1n) is 2.36. The van der Waals surface area contributed by atoms with Gasteiger partial charge < -0.3 is 10.2 Å². The summed E-state index contributed by atoms with van der Waals surface area (Å²) in [6.45, 7) is -0.259. The van der Waals surface area contributed by atoms with E-state index in [0.717, 1.165) is 11.8 Å². The molecule has 0 radical (unpaired) electrons. The van der Waals surface area contributed by atoms with Gasteiger partial charge in [0, 0.05) is 0 Å². The van der Waals surface area contributed by atoms with Crippen LogP contribution in [0.3, 0.4) is 0 Å². The van der Waals surface area contributed by atoms with Gasteiger partial charge in [0.25, 0.3) is 0 Å². The van der Waals surface area contributed by atoms with Crippen LogP contribution in [0.25, 0.3) is 0 Å². The highest BCUT2D eigenvalue weighted by Crippen LogP contribution is 2.22. The summed E-state index contributed by atoms with van der Waals surface area (Å²) in [6.07, 6.45) is 0. The predicted molar refractivity (Wildman–Crippen MR) is 41.0 cm³/mol. The van der Waals surface area contributed by atoms with Gasteiger partial charge in [-0.1, -0.05) is 0 Å². The molecular formula is C4H8Cl2O2S. The molecule has 0 saturated carbocycles. The molecular weight excluding hydrogens is 183 g/mol. The van der Waals surface area contributed by atoms with Crippen molar-refractivity contribution in [3.8, 4) is 0 Å². The van der Waals surface area contributed by atoms with Gasteiger partial charge >= 0.3 is 0 Å². The summed E-state index contributed by atoms with van der Waals surface area (Å²) < 4.78 is -0.834. The van der Waals surface area contributed by atoms with Crippen molar-refractivity contribution in [3.05, 3.63) is 0 Å². The average Bonchev–Trinajstić information content (AvgIpc) is 1.87. The molecule has 0 spiro atoms. The van der Waals surface area contributed by atoms with Gasteiger partial charge in [-0.25, -0.2) is 0 Å². The Morgan fingerprint density at radius 1 is 1.11 bits per heavy atom. The molecule has 0 aromatic carbocycles. The maximum atomic E-state index is 8.39. The van der Waals surface area contributed by atoms with E-state index in [1.165, 1.54) is 0 Å². The quantitative estimate of drug-likeness (QED) is 0.646. The fourth-order valence-corrected chi connectivity index (χ4v) is 1.64. The van der Waals surface area contributed by atoms with Crippen LogP contribution in [-0.4, -0.2) is 32.8 Å². The van der Waals surface area contributed by atoms with Crippen molar-refractivity contribution in [2.24, 2.45) is 0 Å². The lowest BCUT2D eigenvalue weighted by Crippen LogP contribution is -2.07. The Morgan fingerprint density at radius 2 is 1.44 bits per heavy atom. The molecule has 0 aliphatic carbocycles. The van der Waals surface area contributed by atoms with Crippen LogP contribution in [0.2, 0.25) is 0 Å². The average molecular weight is 191 g/mol. The Hall–Kier alpha value is 0.850. The zero-order valence-corrected chi connectivity index (χ0v) is 6.96. The van der Waals surface area contributed by atoms with Crippen LogP contribution in [-0.2, 0) is 0 Å². The van der Waals surface area contributed by atoms with Crippen LogP contribution in [0.4, 0.5) is 0 Å². The minimum absolute atomic E-state index is 0.130. The van der Waals surface area contributed by atoms with E-state index >= 15 is 0 Å². The van der Waals surface area contributed by atoms with Gasteiger partial charge in [0.05, 0.1) is 13.2 Å². The third-order valence-corrected chi connectivity index (χ3v) is 2.36. The van der Waals surface area contributed by atoms with Crippen molar-refractivity contribution in [1.82, 2.24) is 0 Å². The third-order valence-electron chi connectivity index (χ3n) is 0.582. The Balaban J connectivity index is 3.22. The first-order valence-corrected chi connectivity index (χ1v) is 4.17. The molecule has 2 nitrogen and oxygen atoms in total. The largest absolute Gasteiger partial charge is 0.394 e. The summed E-state index contributed by atoms with van der Waals surface area (Å²) in [7, 11) is 0. The maximum absolute atomic E-state index is 8.39. The van der Waals surface area contributed by atoms with E-state index in [-0.39, 0.29) is 13.2 Å². The summed E-state index contributed by atoms with van der Waals surface area (Å²) >= 11 is 12.0. The van der Waals surface area contributed by atoms with E-state index in [0.29, 0.717) is 0 Å². The maximum Gasteiger partial charge on any atom is 0.103 e. The highest BCUT2D eigenvalue weighted by molar-refractivity contribution is 8.02. The standard InChI is InChI=1S/C4H8Cl2O2S/c5-3(1-7)9-4(6)2-8/h3-4,7-8H,1-2H2. The molecule has 0 aromatic rings. The monoisotopic (exact) mass is 190 g/mol. The predicted octanol–water partition coefficient (Wildman–Crippen LogP) is 0.834. The highest BCUT2D eigenvalue weighted by Gasteiger charge is 2.09. The summed E-state index contributed by atoms with van der Waals surface area (Å²) in [5.74, 6) is 0. The molecule has 0 aliphatic heterocycles. The van der Waals surface area contributed by atoms with Gasteiger partial charge in [0.15, 0.2) is 0 Å². The number of aliphatic hydroxyl groups is 2. The second-order valence-corrected chi connectivity index (χ2v) is 4.30. The van der Waals surface area contributed by atoms with Crippen LogP contribution in [0.15, 0.2) is 0 Å². The van der Waals surface area contributed by atoms with Crippen molar-refractivity contribution < 1.29 is 10.2 Å². The first-order chi connectivity index (χ1) is 4.20. The smallest absolute Gasteiger partial charge is 0.103 e. The lowest BCUT2D eigenvalue weighted by atomic mass is 10.8. The minimum Gasteiger partial charge on any atom is -0.394 e. The van der Waals surface area contributed by atoms with E-state index in [2.05, 4.69) is 0 Å². The second kappa shape index (κ2) is 5.62. The lowest BCUT2D eigenvalue weighted by molar-refractivity contribution is 0.308. The number of rotatable bonds is 4. The van der Waals surface area contributed by atoms with Gasteiger partial charge in [-0.15, -0.1) is 35.0 Å². The van der Waals surface area contributed by atoms with Crippen LogP contribution in [0.5, 0.6) is 0 Å². The molecule has 0 bridgehead atoms. The Kier molecular flexibility index (Phi) is 6.15. The van der Waals surface area contributed by atoms with Crippen molar-refractivity contribution >= 4 is 35.0 Å². The minimum atomic E-state index is -0.417. The number of hydrogen-bond donors (Lipinski definition) is 2. The molecule has 0 amide bonds. The number of aliphatic hydroxyl groups excluding tert-OH is 2. The molecule has 5 heteroatoms. The Morgan fingerprint density at radius 3 is 1.67 bits per heavy atom. The van der Waals surface area contributed by atoms with Gasteiger partial charge in [-0.3, -0.25) is 0 Å². The van der Waals surface area contributed by atoms with Gasteiger partial charge in [0.2, 0.25) is 0 Å². The zero-order valence-electron chi connectivity index (χ0n) is 4.63. The molecule has 0 aliphatic rings. The second-order valence-electron chi connectivity index (χ2n) is 1.32. The fourth-order valence-electron chi connectivity index (χ4n) is 0.246. The molecule has 0 rings (SSSR count). The molecule has 2 unspecified atom stereocenters. The molecule has 2 atom stereocenters. The van der Waals surface area contributed by atoms with Gasteiger partial charge in [-0.2, -0.15) is 0 Å². The van der Waals surface area contributed by atoms with Crippen LogP contribution >= 0.6 is 35.0 Å². The topological polar surface area (TPSA) is 40.5 Å². The normalized spacial score (nSPS) is 17.3. The number of alkyl halides is 2. The third kappa shape index (κ3) is 5.30. The molecule has 0 fully saturated rings. The van der Waals surface area contributed by atoms with E-state index in [4.69, 9.17) is 33.4 Å². The van der Waals surface area contributed by atoms with Crippen LogP contribution in [0.1, 0.15) is 0 Å². The van der Waals surface area contributed by atoms with E-state index < -0.39 is 9.42 Å². The van der Waals surface area contributed by atoms with Crippen LogP contribution in [0, 0.1) is 0 Å². The molecule has 0 heterocycles. The van der Waals surface area contributed by atoms with Crippen molar-refractivity contribution in [3.63, 3.8) is 0 Å².